The SMILES string of the molecule is CC(=O)CC(C)=O.NC(=S)Nc1ccccc1. The number of para-hydroxylation sites is 1. The summed E-state index contributed by atoms with van der Waals surface area (Å²) in [4.78, 5) is 20.1. The molecule has 0 aliphatic heterocycles. The van der Waals surface area contributed by atoms with E-state index in [9.17, 15) is 9.59 Å². The summed E-state index contributed by atoms with van der Waals surface area (Å²) < 4.78 is 0. The van der Waals surface area contributed by atoms with Gasteiger partial charge in [-0.3, -0.25) is 9.59 Å². The molecule has 1 aromatic carbocycles. The Bertz CT molecular complexity index is 379. The summed E-state index contributed by atoms with van der Waals surface area (Å²) in [6, 6.07) is 9.57. The van der Waals surface area contributed by atoms with Gasteiger partial charge in [0.15, 0.2) is 5.11 Å². The van der Waals surface area contributed by atoms with Crippen LogP contribution in [0.5, 0.6) is 0 Å². The summed E-state index contributed by atoms with van der Waals surface area (Å²) in [6.45, 7) is 2.81. The van der Waals surface area contributed by atoms with Crippen LogP contribution in [0.25, 0.3) is 0 Å². The van der Waals surface area contributed by atoms with Gasteiger partial charge < -0.3 is 11.1 Å². The fraction of sp³-hybridized carbons (Fsp3) is 0.250. The number of ketones is 2. The largest absolute Gasteiger partial charge is 0.376 e. The minimum Gasteiger partial charge on any atom is -0.376 e. The van der Waals surface area contributed by atoms with Crippen molar-refractivity contribution in [3.8, 4) is 0 Å². The Morgan fingerprint density at radius 3 is 1.94 bits per heavy atom. The molecule has 5 heteroatoms. The number of thiocarbonyl (C=S) groups is 1. The predicted octanol–water partition coefficient (Wildman–Crippen LogP) is 1.90. The van der Waals surface area contributed by atoms with Crippen molar-refractivity contribution in [1.29, 1.82) is 0 Å². The van der Waals surface area contributed by atoms with Crippen molar-refractivity contribution in [1.82, 2.24) is 0 Å². The third-order valence-electron chi connectivity index (χ3n) is 1.54. The Morgan fingerprint density at radius 1 is 1.18 bits per heavy atom. The zero-order valence-corrected chi connectivity index (χ0v) is 10.7. The molecule has 0 fully saturated rings. The van der Waals surface area contributed by atoms with Gasteiger partial charge in [0.1, 0.15) is 11.6 Å². The lowest BCUT2D eigenvalue weighted by Gasteiger charge is -2.00. The molecule has 0 atom stereocenters. The van der Waals surface area contributed by atoms with Gasteiger partial charge in [-0.25, -0.2) is 0 Å². The molecule has 0 aromatic heterocycles. The van der Waals surface area contributed by atoms with E-state index in [1.165, 1.54) is 13.8 Å². The second kappa shape index (κ2) is 8.41. The van der Waals surface area contributed by atoms with E-state index >= 15 is 0 Å². The number of rotatable bonds is 3. The molecule has 0 aliphatic carbocycles. The number of hydrogen-bond acceptors (Lipinski definition) is 3. The molecule has 92 valence electrons. The number of nitrogens with one attached hydrogen (secondary N) is 1. The van der Waals surface area contributed by atoms with Gasteiger partial charge in [0.2, 0.25) is 0 Å². The number of benzene rings is 1. The van der Waals surface area contributed by atoms with Crippen LogP contribution in [-0.4, -0.2) is 16.7 Å². The Labute approximate surface area is 106 Å². The molecule has 0 bridgehead atoms. The Morgan fingerprint density at radius 2 is 1.65 bits per heavy atom. The van der Waals surface area contributed by atoms with Crippen molar-refractivity contribution in [3.05, 3.63) is 30.3 Å². The summed E-state index contributed by atoms with van der Waals surface area (Å²) >= 11 is 4.64. The molecule has 1 rings (SSSR count). The van der Waals surface area contributed by atoms with E-state index in [-0.39, 0.29) is 18.0 Å². The van der Waals surface area contributed by atoms with E-state index in [0.29, 0.717) is 5.11 Å². The van der Waals surface area contributed by atoms with Gasteiger partial charge in [-0.05, 0) is 38.2 Å². The highest BCUT2D eigenvalue weighted by atomic mass is 32.1. The smallest absolute Gasteiger partial charge is 0.168 e. The van der Waals surface area contributed by atoms with E-state index in [1.54, 1.807) is 0 Å². The van der Waals surface area contributed by atoms with E-state index < -0.39 is 0 Å². The zero-order chi connectivity index (χ0) is 13.3. The first kappa shape index (κ1) is 15.2. The van der Waals surface area contributed by atoms with Gasteiger partial charge in [0.05, 0.1) is 6.42 Å². The molecule has 1 aromatic rings. The van der Waals surface area contributed by atoms with Crippen molar-refractivity contribution < 1.29 is 9.59 Å². The number of hydrogen-bond donors (Lipinski definition) is 2. The van der Waals surface area contributed by atoms with Gasteiger partial charge >= 0.3 is 0 Å². The van der Waals surface area contributed by atoms with Crippen molar-refractivity contribution in [2.75, 3.05) is 5.32 Å². The topological polar surface area (TPSA) is 72.2 Å². The van der Waals surface area contributed by atoms with E-state index in [4.69, 9.17) is 5.73 Å². The predicted molar refractivity (Wildman–Crippen MR) is 72.8 cm³/mol. The van der Waals surface area contributed by atoms with E-state index in [2.05, 4.69) is 17.5 Å². The minimum atomic E-state index is -0.0625. The molecular weight excluding hydrogens is 236 g/mol. The first-order valence-electron chi connectivity index (χ1n) is 5.02. The van der Waals surface area contributed by atoms with Crippen LogP contribution >= 0.6 is 12.2 Å². The fourth-order valence-corrected chi connectivity index (χ4v) is 1.13. The van der Waals surface area contributed by atoms with Gasteiger partial charge in [0.25, 0.3) is 0 Å². The van der Waals surface area contributed by atoms with Crippen LogP contribution in [-0.2, 0) is 9.59 Å². The summed E-state index contributed by atoms with van der Waals surface area (Å²) in [5, 5.41) is 3.11. The van der Waals surface area contributed by atoms with Crippen molar-refractivity contribution in [2.45, 2.75) is 20.3 Å². The third kappa shape index (κ3) is 10.5. The lowest BCUT2D eigenvalue weighted by Crippen LogP contribution is -2.18. The van der Waals surface area contributed by atoms with Gasteiger partial charge in [0, 0.05) is 5.69 Å². The molecule has 0 radical (unpaired) electrons. The van der Waals surface area contributed by atoms with Gasteiger partial charge in [-0.1, -0.05) is 18.2 Å². The Balaban J connectivity index is 0.000000325. The number of anilines is 1. The first-order chi connectivity index (χ1) is 7.91. The second-order valence-corrected chi connectivity index (χ2v) is 3.88. The summed E-state index contributed by atoms with van der Waals surface area (Å²) in [5.41, 5.74) is 6.17. The third-order valence-corrected chi connectivity index (χ3v) is 1.64. The van der Waals surface area contributed by atoms with Crippen LogP contribution in [0.2, 0.25) is 0 Å². The van der Waals surface area contributed by atoms with Crippen LogP contribution in [0.3, 0.4) is 0 Å². The first-order valence-corrected chi connectivity index (χ1v) is 5.43. The maximum atomic E-state index is 10.0. The van der Waals surface area contributed by atoms with Gasteiger partial charge in [-0.2, -0.15) is 0 Å². The van der Waals surface area contributed by atoms with Gasteiger partial charge in [-0.15, -0.1) is 0 Å². The van der Waals surface area contributed by atoms with E-state index in [0.717, 1.165) is 5.69 Å². The molecule has 0 amide bonds. The van der Waals surface area contributed by atoms with Crippen LogP contribution in [0.1, 0.15) is 20.3 Å². The highest BCUT2D eigenvalue weighted by Crippen LogP contribution is 2.03. The van der Waals surface area contributed by atoms with Crippen LogP contribution in [0, 0.1) is 0 Å². The molecule has 17 heavy (non-hydrogen) atoms. The monoisotopic (exact) mass is 252 g/mol. The molecular formula is C12H16N2O2S. The highest BCUT2D eigenvalue weighted by Gasteiger charge is 1.94. The minimum absolute atomic E-state index is 0.0625. The quantitative estimate of drug-likeness (QED) is 0.635. The average molecular weight is 252 g/mol. The zero-order valence-electron chi connectivity index (χ0n) is 9.90. The van der Waals surface area contributed by atoms with E-state index in [1.807, 2.05) is 30.3 Å². The maximum Gasteiger partial charge on any atom is 0.168 e. The number of carbonyl (C=O) groups is 2. The molecule has 0 spiro atoms. The number of nitrogens with two attached hydrogens (primary N) is 1. The average Bonchev–Trinajstić information content (AvgIpc) is 2.16. The lowest BCUT2D eigenvalue weighted by molar-refractivity contribution is -0.124. The van der Waals surface area contributed by atoms with Crippen molar-refractivity contribution in [2.24, 2.45) is 5.73 Å². The molecule has 0 unspecified atom stereocenters. The van der Waals surface area contributed by atoms with Crippen molar-refractivity contribution in [3.63, 3.8) is 0 Å². The Hall–Kier alpha value is -1.75. The van der Waals surface area contributed by atoms with Crippen LogP contribution in [0.15, 0.2) is 30.3 Å². The van der Waals surface area contributed by atoms with Crippen molar-refractivity contribution >= 4 is 34.6 Å². The molecule has 0 aliphatic rings. The summed E-state index contributed by atoms with van der Waals surface area (Å²) in [7, 11) is 0. The number of carbonyl (C=O) groups excluding carboxylic acids is 2. The second-order valence-electron chi connectivity index (χ2n) is 3.44. The fourth-order valence-electron chi connectivity index (χ4n) is 1.01. The normalized spacial score (nSPS) is 8.59. The maximum absolute atomic E-state index is 10.0. The highest BCUT2D eigenvalue weighted by molar-refractivity contribution is 7.80. The molecule has 0 heterocycles. The summed E-state index contributed by atoms with van der Waals surface area (Å²) in [6.07, 6.45) is 0.0833. The lowest BCUT2D eigenvalue weighted by atomic mass is 10.2. The molecule has 0 saturated heterocycles. The summed E-state index contributed by atoms with van der Waals surface area (Å²) in [5.74, 6) is -0.125. The number of Topliss-reactive ketones (excluding diaryl/α,β-unsaturated/α-hetero) is 2. The molecule has 4 nitrogen and oxygen atoms in total. The molecule has 3 N–H and O–H groups in total. The van der Waals surface area contributed by atoms with Crippen LogP contribution < -0.4 is 11.1 Å². The molecule has 0 saturated carbocycles. The Kier molecular flexibility index (Phi) is 7.54. The standard InChI is InChI=1S/C7H8N2S.C5H8O2/c8-7(10)9-6-4-2-1-3-5-6;1-4(6)3-5(2)7/h1-5H,(H3,8,9,10);3H2,1-2H3. The van der Waals surface area contributed by atoms with Crippen LogP contribution in [0.4, 0.5) is 5.69 Å².